The zero-order chi connectivity index (χ0) is 15.0. The van der Waals surface area contributed by atoms with Gasteiger partial charge in [0.2, 0.25) is 0 Å². The Balaban J connectivity index is 1.90. The van der Waals surface area contributed by atoms with E-state index in [2.05, 4.69) is 31.2 Å². The summed E-state index contributed by atoms with van der Waals surface area (Å²) in [6.07, 6.45) is 0. The van der Waals surface area contributed by atoms with Crippen molar-refractivity contribution in [3.63, 3.8) is 0 Å². The first kappa shape index (κ1) is 13.8. The molecule has 0 atom stereocenters. The second-order valence-corrected chi connectivity index (χ2v) is 5.46. The van der Waals surface area contributed by atoms with Gasteiger partial charge in [-0.3, -0.25) is 4.79 Å². The normalized spacial score (nSPS) is 10.8. The fraction of sp³-hybridized carbons (Fsp3) is 0.0667. The molecule has 0 aliphatic carbocycles. The van der Waals surface area contributed by atoms with Gasteiger partial charge in [-0.1, -0.05) is 6.07 Å². The van der Waals surface area contributed by atoms with Gasteiger partial charge >= 0.3 is 0 Å². The first-order valence-electron chi connectivity index (χ1n) is 6.26. The molecule has 0 unspecified atom stereocenters. The van der Waals surface area contributed by atoms with E-state index in [1.807, 2.05) is 6.92 Å². The van der Waals surface area contributed by atoms with Gasteiger partial charge < -0.3 is 10.3 Å². The van der Waals surface area contributed by atoms with E-state index in [4.69, 9.17) is 0 Å². The van der Waals surface area contributed by atoms with Crippen LogP contribution in [0.3, 0.4) is 0 Å². The lowest BCUT2D eigenvalue weighted by atomic mass is 10.2. The largest absolute Gasteiger partial charge is 0.342 e. The monoisotopic (exact) mass is 347 g/mol. The number of hydrogen-bond donors (Lipinski definition) is 2. The molecule has 0 saturated carbocycles. The number of benzene rings is 2. The highest BCUT2D eigenvalue weighted by Crippen LogP contribution is 2.21. The number of aromatic nitrogens is 2. The number of carbonyl (C=O) groups is 1. The van der Waals surface area contributed by atoms with Crippen molar-refractivity contribution in [1.29, 1.82) is 0 Å². The highest BCUT2D eigenvalue weighted by atomic mass is 79.9. The summed E-state index contributed by atoms with van der Waals surface area (Å²) in [6.45, 7) is 1.86. The number of amides is 1. The van der Waals surface area contributed by atoms with Gasteiger partial charge in [0.25, 0.3) is 5.91 Å². The number of imidazole rings is 1. The zero-order valence-corrected chi connectivity index (χ0v) is 12.7. The molecule has 1 heterocycles. The van der Waals surface area contributed by atoms with Crippen LogP contribution in [0.2, 0.25) is 0 Å². The van der Waals surface area contributed by atoms with Crippen LogP contribution in [0.25, 0.3) is 11.0 Å². The Morgan fingerprint density at radius 3 is 2.95 bits per heavy atom. The van der Waals surface area contributed by atoms with Gasteiger partial charge in [0.05, 0.1) is 21.1 Å². The molecule has 21 heavy (non-hydrogen) atoms. The molecule has 0 radical (unpaired) electrons. The van der Waals surface area contributed by atoms with Crippen LogP contribution in [0.1, 0.15) is 16.2 Å². The molecule has 2 aromatic carbocycles. The lowest BCUT2D eigenvalue weighted by Crippen LogP contribution is -2.13. The van der Waals surface area contributed by atoms with E-state index in [1.54, 1.807) is 30.3 Å². The second kappa shape index (κ2) is 5.29. The van der Waals surface area contributed by atoms with E-state index in [0.29, 0.717) is 5.69 Å². The number of nitrogens with zero attached hydrogens (tertiary/aromatic N) is 1. The number of aryl methyl sites for hydroxylation is 1. The van der Waals surface area contributed by atoms with Gasteiger partial charge in [0.1, 0.15) is 11.6 Å². The Bertz CT molecular complexity index is 844. The average molecular weight is 348 g/mol. The van der Waals surface area contributed by atoms with Crippen LogP contribution >= 0.6 is 15.9 Å². The van der Waals surface area contributed by atoms with Crippen molar-refractivity contribution < 1.29 is 9.18 Å². The van der Waals surface area contributed by atoms with E-state index in [-0.39, 0.29) is 10.0 Å². The number of fused-ring (bicyclic) bond motifs is 1. The first-order valence-corrected chi connectivity index (χ1v) is 7.05. The summed E-state index contributed by atoms with van der Waals surface area (Å²) in [7, 11) is 0. The van der Waals surface area contributed by atoms with Crippen molar-refractivity contribution in [2.45, 2.75) is 6.92 Å². The summed E-state index contributed by atoms with van der Waals surface area (Å²) in [6, 6.07) is 9.90. The maximum atomic E-state index is 13.9. The summed E-state index contributed by atoms with van der Waals surface area (Å²) in [5, 5.41) is 2.68. The summed E-state index contributed by atoms with van der Waals surface area (Å²) in [4.78, 5) is 19.5. The van der Waals surface area contributed by atoms with Gasteiger partial charge in [0, 0.05) is 5.69 Å². The van der Waals surface area contributed by atoms with E-state index < -0.39 is 11.7 Å². The number of hydrogen-bond acceptors (Lipinski definition) is 2. The van der Waals surface area contributed by atoms with Crippen LogP contribution in [0.15, 0.2) is 40.9 Å². The molecule has 2 N–H and O–H groups in total. The Labute approximate surface area is 128 Å². The molecule has 0 saturated heterocycles. The van der Waals surface area contributed by atoms with Crippen molar-refractivity contribution in [3.8, 4) is 0 Å². The van der Waals surface area contributed by atoms with E-state index >= 15 is 0 Å². The SMILES string of the molecule is Cc1nc2ccc(NC(=O)c3cccc(Br)c3F)cc2[nH]1. The molecule has 3 rings (SSSR count). The Hall–Kier alpha value is -2.21. The van der Waals surface area contributed by atoms with Crippen LogP contribution in [0.5, 0.6) is 0 Å². The number of halogens is 2. The molecule has 6 heteroatoms. The molecule has 0 aliphatic rings. The van der Waals surface area contributed by atoms with E-state index in [0.717, 1.165) is 16.9 Å². The molecule has 106 valence electrons. The van der Waals surface area contributed by atoms with Crippen LogP contribution in [-0.2, 0) is 0 Å². The van der Waals surface area contributed by atoms with Crippen LogP contribution in [-0.4, -0.2) is 15.9 Å². The number of nitrogens with one attached hydrogen (secondary N) is 2. The Morgan fingerprint density at radius 1 is 1.33 bits per heavy atom. The van der Waals surface area contributed by atoms with Gasteiger partial charge in [-0.05, 0) is 53.2 Å². The zero-order valence-electron chi connectivity index (χ0n) is 11.1. The van der Waals surface area contributed by atoms with Crippen molar-refractivity contribution in [2.75, 3.05) is 5.32 Å². The van der Waals surface area contributed by atoms with Gasteiger partial charge in [-0.2, -0.15) is 0 Å². The average Bonchev–Trinajstić information content (AvgIpc) is 2.81. The van der Waals surface area contributed by atoms with Gasteiger partial charge in [0.15, 0.2) is 0 Å². The quantitative estimate of drug-likeness (QED) is 0.735. The molecule has 3 aromatic rings. The number of carbonyl (C=O) groups excluding carboxylic acids is 1. The van der Waals surface area contributed by atoms with E-state index in [1.165, 1.54) is 6.07 Å². The fourth-order valence-electron chi connectivity index (χ4n) is 2.09. The molecular formula is C15H11BrFN3O. The minimum absolute atomic E-state index is 0.00902. The maximum absolute atomic E-state index is 13.9. The molecule has 1 amide bonds. The molecule has 0 spiro atoms. The predicted molar refractivity (Wildman–Crippen MR) is 82.9 cm³/mol. The van der Waals surface area contributed by atoms with Crippen molar-refractivity contribution in [3.05, 3.63) is 58.1 Å². The number of rotatable bonds is 2. The standard InChI is InChI=1S/C15H11BrFN3O/c1-8-18-12-6-5-9(7-13(12)19-8)20-15(21)10-3-2-4-11(16)14(10)17/h2-7H,1H3,(H,18,19)(H,20,21). The van der Waals surface area contributed by atoms with Crippen molar-refractivity contribution >= 4 is 38.6 Å². The van der Waals surface area contributed by atoms with Gasteiger partial charge in [-0.15, -0.1) is 0 Å². The summed E-state index contributed by atoms with van der Waals surface area (Å²) in [5.74, 6) is -0.274. The molecule has 0 bridgehead atoms. The highest BCUT2D eigenvalue weighted by Gasteiger charge is 2.14. The van der Waals surface area contributed by atoms with Gasteiger partial charge in [-0.25, -0.2) is 9.37 Å². The maximum Gasteiger partial charge on any atom is 0.258 e. The Morgan fingerprint density at radius 2 is 2.14 bits per heavy atom. The van der Waals surface area contributed by atoms with Crippen LogP contribution in [0, 0.1) is 12.7 Å². The minimum atomic E-state index is -0.575. The summed E-state index contributed by atoms with van der Waals surface area (Å²) in [5.41, 5.74) is 2.21. The summed E-state index contributed by atoms with van der Waals surface area (Å²) < 4.78 is 14.1. The minimum Gasteiger partial charge on any atom is -0.342 e. The lowest BCUT2D eigenvalue weighted by Gasteiger charge is -2.07. The third-order valence-corrected chi connectivity index (χ3v) is 3.67. The molecule has 1 aromatic heterocycles. The first-order chi connectivity index (χ1) is 10.0. The molecular weight excluding hydrogens is 337 g/mol. The lowest BCUT2D eigenvalue weighted by molar-refractivity contribution is 0.102. The fourth-order valence-corrected chi connectivity index (χ4v) is 2.46. The smallest absolute Gasteiger partial charge is 0.258 e. The third kappa shape index (κ3) is 2.67. The topological polar surface area (TPSA) is 57.8 Å². The third-order valence-electron chi connectivity index (χ3n) is 3.05. The second-order valence-electron chi connectivity index (χ2n) is 4.61. The number of aromatic amines is 1. The highest BCUT2D eigenvalue weighted by molar-refractivity contribution is 9.10. The Kier molecular flexibility index (Phi) is 3.47. The number of anilines is 1. The predicted octanol–water partition coefficient (Wildman–Crippen LogP) is 4.03. The molecule has 4 nitrogen and oxygen atoms in total. The van der Waals surface area contributed by atoms with Crippen molar-refractivity contribution in [1.82, 2.24) is 9.97 Å². The van der Waals surface area contributed by atoms with Crippen LogP contribution in [0.4, 0.5) is 10.1 Å². The van der Waals surface area contributed by atoms with Crippen LogP contribution < -0.4 is 5.32 Å². The molecule has 0 aliphatic heterocycles. The number of H-pyrrole nitrogens is 1. The summed E-state index contributed by atoms with van der Waals surface area (Å²) >= 11 is 3.07. The van der Waals surface area contributed by atoms with Crippen molar-refractivity contribution in [2.24, 2.45) is 0 Å². The molecule has 0 fully saturated rings. The van der Waals surface area contributed by atoms with E-state index in [9.17, 15) is 9.18 Å².